The van der Waals surface area contributed by atoms with Gasteiger partial charge in [-0.3, -0.25) is 0 Å². The van der Waals surface area contributed by atoms with Crippen LogP contribution < -0.4 is 4.90 Å². The van der Waals surface area contributed by atoms with Gasteiger partial charge in [-0.05, 0) is 42.9 Å². The predicted octanol–water partition coefficient (Wildman–Crippen LogP) is 3.08. The molecule has 5 heteroatoms. The van der Waals surface area contributed by atoms with Gasteiger partial charge in [0, 0.05) is 24.1 Å². The van der Waals surface area contributed by atoms with E-state index in [-0.39, 0.29) is 0 Å². The highest BCUT2D eigenvalue weighted by Gasteiger charge is 2.14. The first-order valence-corrected chi connectivity index (χ1v) is 7.15. The molecule has 0 aliphatic carbocycles. The topological polar surface area (TPSA) is 29.0 Å². The van der Waals surface area contributed by atoms with Crippen molar-refractivity contribution in [1.82, 2.24) is 9.97 Å². The minimum Gasteiger partial charge on any atom is -0.353 e. The number of aromatic nitrogens is 2. The Hall–Kier alpha value is 0.0900. The third-order valence-corrected chi connectivity index (χ3v) is 3.40. The molecule has 0 aliphatic rings. The summed E-state index contributed by atoms with van der Waals surface area (Å²) in [6, 6.07) is 0.465. The number of nitrogens with zero attached hydrogens (tertiary/aromatic N) is 3. The van der Waals surface area contributed by atoms with E-state index in [1.807, 2.05) is 6.20 Å². The van der Waals surface area contributed by atoms with E-state index in [4.69, 9.17) is 0 Å². The summed E-state index contributed by atoms with van der Waals surface area (Å²) in [4.78, 5) is 10.7. The summed E-state index contributed by atoms with van der Waals surface area (Å²) in [7, 11) is 0. The molecule has 0 bridgehead atoms. The number of rotatable bonds is 5. The highest BCUT2D eigenvalue weighted by atomic mass is 127. The van der Waals surface area contributed by atoms with Gasteiger partial charge in [-0.15, -0.1) is 0 Å². The molecule has 84 valence electrons. The van der Waals surface area contributed by atoms with Crippen LogP contribution in [0.1, 0.15) is 20.3 Å². The quantitative estimate of drug-likeness (QED) is 0.578. The lowest BCUT2D eigenvalue weighted by atomic mass is 10.3. The van der Waals surface area contributed by atoms with E-state index in [2.05, 4.69) is 67.2 Å². The molecule has 1 heterocycles. The van der Waals surface area contributed by atoms with Gasteiger partial charge in [0.25, 0.3) is 0 Å². The smallest absolute Gasteiger partial charge is 0.145 e. The van der Waals surface area contributed by atoms with Gasteiger partial charge in [0.05, 0.1) is 3.57 Å². The number of anilines is 1. The Bertz CT molecular complexity index is 306. The Morgan fingerprint density at radius 3 is 2.80 bits per heavy atom. The van der Waals surface area contributed by atoms with Gasteiger partial charge in [0.2, 0.25) is 0 Å². The molecule has 3 nitrogen and oxygen atoms in total. The van der Waals surface area contributed by atoms with Crippen LogP contribution in [0.3, 0.4) is 0 Å². The van der Waals surface area contributed by atoms with Gasteiger partial charge in [-0.1, -0.05) is 15.9 Å². The first kappa shape index (κ1) is 13.2. The van der Waals surface area contributed by atoms with Crippen LogP contribution in [-0.4, -0.2) is 27.9 Å². The Morgan fingerprint density at radius 1 is 1.53 bits per heavy atom. The van der Waals surface area contributed by atoms with Gasteiger partial charge in [0.15, 0.2) is 0 Å². The number of hydrogen-bond donors (Lipinski definition) is 0. The van der Waals surface area contributed by atoms with E-state index in [1.54, 1.807) is 6.33 Å². The fourth-order valence-corrected chi connectivity index (χ4v) is 2.22. The molecule has 0 saturated heterocycles. The van der Waals surface area contributed by atoms with Gasteiger partial charge in [-0.2, -0.15) is 0 Å². The second-order valence-corrected chi connectivity index (χ2v) is 5.48. The molecule has 0 radical (unpaired) electrons. The monoisotopic (exact) mass is 383 g/mol. The zero-order valence-corrected chi connectivity index (χ0v) is 12.7. The van der Waals surface area contributed by atoms with E-state index in [9.17, 15) is 0 Å². The summed E-state index contributed by atoms with van der Waals surface area (Å²) < 4.78 is 1.11. The van der Waals surface area contributed by atoms with E-state index in [0.717, 1.165) is 27.7 Å². The molecule has 0 saturated carbocycles. The number of halogens is 2. The van der Waals surface area contributed by atoms with E-state index >= 15 is 0 Å². The summed E-state index contributed by atoms with van der Waals surface area (Å²) in [5.74, 6) is 1.04. The molecule has 0 spiro atoms. The minimum absolute atomic E-state index is 0.465. The summed E-state index contributed by atoms with van der Waals surface area (Å²) in [6.45, 7) is 5.40. The second kappa shape index (κ2) is 6.62. The lowest BCUT2D eigenvalue weighted by molar-refractivity contribution is 0.662. The normalized spacial score (nSPS) is 10.7. The van der Waals surface area contributed by atoms with Crippen molar-refractivity contribution in [2.45, 2.75) is 26.3 Å². The van der Waals surface area contributed by atoms with Gasteiger partial charge >= 0.3 is 0 Å². The third-order valence-electron chi connectivity index (χ3n) is 2.08. The maximum Gasteiger partial charge on any atom is 0.145 e. The van der Waals surface area contributed by atoms with Crippen LogP contribution in [-0.2, 0) is 0 Å². The highest BCUT2D eigenvalue weighted by Crippen LogP contribution is 2.20. The van der Waals surface area contributed by atoms with Crippen LogP contribution in [0.15, 0.2) is 12.5 Å². The number of hydrogen-bond acceptors (Lipinski definition) is 3. The lowest BCUT2D eigenvalue weighted by Gasteiger charge is -2.28. The Morgan fingerprint density at radius 2 is 2.27 bits per heavy atom. The van der Waals surface area contributed by atoms with Crippen LogP contribution in [0.5, 0.6) is 0 Å². The molecular formula is C10H15BrIN3. The zero-order chi connectivity index (χ0) is 11.3. The fourth-order valence-electron chi connectivity index (χ4n) is 1.36. The summed E-state index contributed by atoms with van der Waals surface area (Å²) in [5, 5.41) is 1.03. The predicted molar refractivity (Wildman–Crippen MR) is 75.6 cm³/mol. The van der Waals surface area contributed by atoms with Crippen molar-refractivity contribution in [3.63, 3.8) is 0 Å². The zero-order valence-electron chi connectivity index (χ0n) is 8.95. The van der Waals surface area contributed by atoms with Gasteiger partial charge in [-0.25, -0.2) is 9.97 Å². The van der Waals surface area contributed by atoms with Crippen LogP contribution in [0.25, 0.3) is 0 Å². The van der Waals surface area contributed by atoms with Gasteiger partial charge < -0.3 is 4.90 Å². The van der Waals surface area contributed by atoms with Gasteiger partial charge in [0.1, 0.15) is 12.1 Å². The fraction of sp³-hybridized carbons (Fsp3) is 0.600. The summed E-state index contributed by atoms with van der Waals surface area (Å²) in [5.41, 5.74) is 0. The molecule has 1 rings (SSSR count). The molecular weight excluding hydrogens is 369 g/mol. The van der Waals surface area contributed by atoms with Crippen molar-refractivity contribution < 1.29 is 0 Å². The Balaban J connectivity index is 2.84. The Kier molecular flexibility index (Phi) is 5.81. The van der Waals surface area contributed by atoms with Crippen molar-refractivity contribution in [3.05, 3.63) is 16.1 Å². The summed E-state index contributed by atoms with van der Waals surface area (Å²) in [6.07, 6.45) is 4.59. The Labute approximate surface area is 113 Å². The van der Waals surface area contributed by atoms with Crippen LogP contribution in [0, 0.1) is 3.57 Å². The molecule has 0 aliphatic heterocycles. The number of alkyl halides is 1. The average molecular weight is 384 g/mol. The lowest BCUT2D eigenvalue weighted by Crippen LogP contribution is -2.33. The molecule has 0 N–H and O–H groups in total. The van der Waals surface area contributed by atoms with Crippen molar-refractivity contribution in [2.24, 2.45) is 0 Å². The molecule has 0 unspecified atom stereocenters. The van der Waals surface area contributed by atoms with E-state index < -0.39 is 0 Å². The summed E-state index contributed by atoms with van der Waals surface area (Å²) >= 11 is 5.74. The molecule has 1 aromatic rings. The minimum atomic E-state index is 0.465. The molecule has 0 aromatic carbocycles. The standard InChI is InChI=1S/C10H15BrIN3/c1-8(2)15(5-3-4-11)10-9(12)6-13-7-14-10/h6-8H,3-5H2,1-2H3. The first-order chi connectivity index (χ1) is 7.16. The molecule has 0 amide bonds. The second-order valence-electron chi connectivity index (χ2n) is 3.52. The molecule has 0 fully saturated rings. The SMILES string of the molecule is CC(C)N(CCCBr)c1ncncc1I. The van der Waals surface area contributed by atoms with Crippen LogP contribution >= 0.6 is 38.5 Å². The molecule has 0 atom stereocenters. The van der Waals surface area contributed by atoms with Crippen molar-refractivity contribution in [1.29, 1.82) is 0 Å². The largest absolute Gasteiger partial charge is 0.353 e. The van der Waals surface area contributed by atoms with Crippen LogP contribution in [0.4, 0.5) is 5.82 Å². The van der Waals surface area contributed by atoms with Crippen molar-refractivity contribution in [3.8, 4) is 0 Å². The maximum absolute atomic E-state index is 4.34. The van der Waals surface area contributed by atoms with Crippen molar-refractivity contribution in [2.75, 3.05) is 16.8 Å². The van der Waals surface area contributed by atoms with Crippen LogP contribution in [0.2, 0.25) is 0 Å². The van der Waals surface area contributed by atoms with E-state index in [1.165, 1.54) is 0 Å². The average Bonchev–Trinajstić information content (AvgIpc) is 2.20. The highest BCUT2D eigenvalue weighted by molar-refractivity contribution is 14.1. The van der Waals surface area contributed by atoms with E-state index in [0.29, 0.717) is 6.04 Å². The maximum atomic E-state index is 4.34. The first-order valence-electron chi connectivity index (χ1n) is 4.95. The van der Waals surface area contributed by atoms with Crippen molar-refractivity contribution >= 4 is 44.3 Å². The molecule has 1 aromatic heterocycles. The molecule has 15 heavy (non-hydrogen) atoms. The third kappa shape index (κ3) is 3.86.